The molecule has 1 aromatic carbocycles. The van der Waals surface area contributed by atoms with E-state index in [-0.39, 0.29) is 23.8 Å². The summed E-state index contributed by atoms with van der Waals surface area (Å²) in [6.45, 7) is 3.30. The van der Waals surface area contributed by atoms with E-state index in [1.165, 1.54) is 27.8 Å². The van der Waals surface area contributed by atoms with E-state index < -0.39 is 15.8 Å². The zero-order valence-corrected chi connectivity index (χ0v) is 16.0. The maximum atomic E-state index is 13.0. The van der Waals surface area contributed by atoms with E-state index in [0.29, 0.717) is 26.1 Å². The lowest BCUT2D eigenvalue weighted by molar-refractivity contribution is -0.130. The number of amides is 1. The van der Waals surface area contributed by atoms with Gasteiger partial charge in [-0.15, -0.1) is 11.3 Å². The minimum Gasteiger partial charge on any atom is -0.341 e. The summed E-state index contributed by atoms with van der Waals surface area (Å²) < 4.78 is 39.8. The van der Waals surface area contributed by atoms with Gasteiger partial charge in [0.2, 0.25) is 15.9 Å². The number of thiazole rings is 1. The zero-order valence-electron chi connectivity index (χ0n) is 14.4. The van der Waals surface area contributed by atoms with Crippen molar-refractivity contribution in [1.29, 1.82) is 0 Å². The maximum Gasteiger partial charge on any atom is 0.243 e. The van der Waals surface area contributed by atoms with Crippen molar-refractivity contribution in [3.63, 3.8) is 0 Å². The summed E-state index contributed by atoms with van der Waals surface area (Å²) >= 11 is 1.50. The number of aromatic nitrogens is 1. The molecule has 0 saturated carbocycles. The van der Waals surface area contributed by atoms with Crippen molar-refractivity contribution in [3.05, 3.63) is 46.2 Å². The summed E-state index contributed by atoms with van der Waals surface area (Å²) in [7, 11) is -3.69. The van der Waals surface area contributed by atoms with Crippen LogP contribution in [-0.4, -0.2) is 54.7 Å². The average molecular weight is 397 g/mol. The quantitative estimate of drug-likeness (QED) is 0.792. The Labute approximate surface area is 156 Å². The Morgan fingerprint density at radius 1 is 1.19 bits per heavy atom. The Morgan fingerprint density at radius 2 is 1.92 bits per heavy atom. The van der Waals surface area contributed by atoms with E-state index in [2.05, 4.69) is 4.98 Å². The molecule has 0 aliphatic carbocycles. The number of halogens is 1. The van der Waals surface area contributed by atoms with E-state index in [1.54, 1.807) is 4.90 Å². The van der Waals surface area contributed by atoms with Crippen molar-refractivity contribution in [2.45, 2.75) is 24.7 Å². The number of sulfonamides is 1. The molecule has 3 rings (SSSR count). The van der Waals surface area contributed by atoms with Gasteiger partial charge in [0.05, 0.1) is 22.0 Å². The van der Waals surface area contributed by atoms with E-state index in [0.717, 1.165) is 22.8 Å². The van der Waals surface area contributed by atoms with Crippen LogP contribution in [0.15, 0.2) is 34.5 Å². The number of nitrogens with zero attached hydrogens (tertiary/aromatic N) is 3. The molecule has 140 valence electrons. The van der Waals surface area contributed by atoms with Crippen molar-refractivity contribution < 1.29 is 17.6 Å². The summed E-state index contributed by atoms with van der Waals surface area (Å²) in [5.41, 5.74) is 0.748. The van der Waals surface area contributed by atoms with Crippen LogP contribution in [0.5, 0.6) is 0 Å². The highest BCUT2D eigenvalue weighted by Gasteiger charge is 2.28. The van der Waals surface area contributed by atoms with Crippen LogP contribution in [0.4, 0.5) is 4.39 Å². The van der Waals surface area contributed by atoms with Crippen molar-refractivity contribution in [1.82, 2.24) is 14.2 Å². The molecule has 1 saturated heterocycles. The first-order valence-corrected chi connectivity index (χ1v) is 10.6. The van der Waals surface area contributed by atoms with Crippen molar-refractivity contribution in [2.75, 3.05) is 26.2 Å². The lowest BCUT2D eigenvalue weighted by Crippen LogP contribution is -2.38. The number of carbonyl (C=O) groups excluding carboxylic acids is 1. The Kier molecular flexibility index (Phi) is 5.69. The zero-order chi connectivity index (χ0) is 18.7. The topological polar surface area (TPSA) is 70.6 Å². The molecule has 0 radical (unpaired) electrons. The average Bonchev–Trinajstić information content (AvgIpc) is 2.86. The lowest BCUT2D eigenvalue weighted by atomic mass is 10.3. The van der Waals surface area contributed by atoms with Gasteiger partial charge in [-0.25, -0.2) is 17.8 Å². The number of carbonyl (C=O) groups is 1. The van der Waals surface area contributed by atoms with Crippen LogP contribution in [0.25, 0.3) is 0 Å². The number of aryl methyl sites for hydroxylation is 1. The van der Waals surface area contributed by atoms with Crippen LogP contribution in [0.1, 0.15) is 17.1 Å². The van der Waals surface area contributed by atoms with Crippen LogP contribution in [0.3, 0.4) is 0 Å². The highest BCUT2D eigenvalue weighted by atomic mass is 32.2. The summed E-state index contributed by atoms with van der Waals surface area (Å²) in [5.74, 6) is -0.523. The van der Waals surface area contributed by atoms with Gasteiger partial charge in [-0.3, -0.25) is 4.79 Å². The molecule has 1 aliphatic rings. The number of hydrogen-bond acceptors (Lipinski definition) is 5. The standard InChI is InChI=1S/C17H20FN3O3S2/c1-13-19-15(12-25-13)11-17(22)20-7-2-8-21(10-9-20)26(23,24)16-5-3-14(18)4-6-16/h3-6,12H,2,7-11H2,1H3. The van der Waals surface area contributed by atoms with Crippen molar-refractivity contribution in [3.8, 4) is 0 Å². The van der Waals surface area contributed by atoms with E-state index in [1.807, 2.05) is 12.3 Å². The van der Waals surface area contributed by atoms with Gasteiger partial charge in [0.1, 0.15) is 5.82 Å². The molecule has 1 fully saturated rings. The Balaban J connectivity index is 1.65. The minimum absolute atomic E-state index is 0.0451. The molecular weight excluding hydrogens is 377 g/mol. The number of benzene rings is 1. The molecule has 1 amide bonds. The van der Waals surface area contributed by atoms with Crippen LogP contribution in [0.2, 0.25) is 0 Å². The molecule has 0 N–H and O–H groups in total. The van der Waals surface area contributed by atoms with Gasteiger partial charge in [-0.2, -0.15) is 4.31 Å². The van der Waals surface area contributed by atoms with Crippen LogP contribution in [-0.2, 0) is 21.2 Å². The second-order valence-corrected chi connectivity index (χ2v) is 9.13. The SMILES string of the molecule is Cc1nc(CC(=O)N2CCCN(S(=O)(=O)c3ccc(F)cc3)CC2)cs1. The van der Waals surface area contributed by atoms with E-state index in [9.17, 15) is 17.6 Å². The highest BCUT2D eigenvalue weighted by molar-refractivity contribution is 7.89. The number of hydrogen-bond donors (Lipinski definition) is 0. The normalized spacial score (nSPS) is 16.5. The first-order chi connectivity index (χ1) is 12.4. The summed E-state index contributed by atoms with van der Waals surface area (Å²) in [4.78, 5) is 18.5. The van der Waals surface area contributed by atoms with E-state index >= 15 is 0 Å². The van der Waals surface area contributed by atoms with E-state index in [4.69, 9.17) is 0 Å². The summed E-state index contributed by atoms with van der Waals surface area (Å²) in [6.07, 6.45) is 0.789. The molecule has 26 heavy (non-hydrogen) atoms. The van der Waals surface area contributed by atoms with Crippen LogP contribution < -0.4 is 0 Å². The third-order valence-electron chi connectivity index (χ3n) is 4.26. The highest BCUT2D eigenvalue weighted by Crippen LogP contribution is 2.19. The van der Waals surface area contributed by atoms with Gasteiger partial charge in [-0.05, 0) is 37.6 Å². The summed E-state index contributed by atoms with van der Waals surface area (Å²) in [6, 6.07) is 4.80. The van der Waals surface area contributed by atoms with Gasteiger partial charge in [0.25, 0.3) is 0 Å². The smallest absolute Gasteiger partial charge is 0.243 e. The Bertz CT molecular complexity index is 881. The molecular formula is C17H20FN3O3S2. The molecule has 0 bridgehead atoms. The van der Waals surface area contributed by atoms with Gasteiger partial charge >= 0.3 is 0 Å². The monoisotopic (exact) mass is 397 g/mol. The molecule has 6 nitrogen and oxygen atoms in total. The first-order valence-electron chi connectivity index (χ1n) is 8.31. The summed E-state index contributed by atoms with van der Waals surface area (Å²) in [5, 5.41) is 2.79. The molecule has 9 heteroatoms. The molecule has 1 aliphatic heterocycles. The van der Waals surface area contributed by atoms with Gasteiger partial charge in [0.15, 0.2) is 0 Å². The van der Waals surface area contributed by atoms with Gasteiger partial charge < -0.3 is 4.90 Å². The number of rotatable bonds is 4. The largest absolute Gasteiger partial charge is 0.341 e. The Hall–Kier alpha value is -1.84. The molecule has 1 aromatic heterocycles. The minimum atomic E-state index is -3.69. The fraction of sp³-hybridized carbons (Fsp3) is 0.412. The second-order valence-electron chi connectivity index (χ2n) is 6.13. The van der Waals surface area contributed by atoms with Gasteiger partial charge in [-0.1, -0.05) is 0 Å². The third-order valence-corrected chi connectivity index (χ3v) is 6.99. The fourth-order valence-corrected chi connectivity index (χ4v) is 4.98. The molecule has 0 atom stereocenters. The fourth-order valence-electron chi connectivity index (χ4n) is 2.90. The first kappa shape index (κ1) is 18.9. The van der Waals surface area contributed by atoms with Crippen molar-refractivity contribution >= 4 is 27.3 Å². The lowest BCUT2D eigenvalue weighted by Gasteiger charge is -2.22. The second kappa shape index (κ2) is 7.81. The molecule has 2 heterocycles. The van der Waals surface area contributed by atoms with Gasteiger partial charge in [0, 0.05) is 31.6 Å². The molecule has 0 spiro atoms. The molecule has 0 unspecified atom stereocenters. The predicted molar refractivity (Wildman–Crippen MR) is 96.9 cm³/mol. The van der Waals surface area contributed by atoms with Crippen molar-refractivity contribution in [2.24, 2.45) is 0 Å². The van der Waals surface area contributed by atoms with Crippen LogP contribution >= 0.6 is 11.3 Å². The maximum absolute atomic E-state index is 13.0. The molecule has 2 aromatic rings. The third kappa shape index (κ3) is 4.28. The Morgan fingerprint density at radius 3 is 2.58 bits per heavy atom. The van der Waals surface area contributed by atoms with Crippen LogP contribution in [0, 0.1) is 12.7 Å². The predicted octanol–water partition coefficient (Wildman–Crippen LogP) is 2.06.